The molecule has 1 saturated carbocycles. The first-order valence-electron chi connectivity index (χ1n) is 7.09. The molecule has 0 bridgehead atoms. The molecular weight excluding hydrogens is 240 g/mol. The van der Waals surface area contributed by atoms with Gasteiger partial charge in [-0.2, -0.15) is 0 Å². The molecule has 1 aliphatic rings. The molecule has 0 aliphatic heterocycles. The molecule has 1 fully saturated rings. The lowest BCUT2D eigenvalue weighted by Crippen LogP contribution is -2.26. The Hall–Kier alpha value is -1.42. The summed E-state index contributed by atoms with van der Waals surface area (Å²) in [5.74, 6) is 1.61. The molecule has 0 saturated heterocycles. The van der Waals surface area contributed by atoms with Crippen molar-refractivity contribution in [2.24, 2.45) is 11.8 Å². The Kier molecular flexibility index (Phi) is 4.91. The van der Waals surface area contributed by atoms with Crippen LogP contribution in [0.5, 0.6) is 0 Å². The van der Waals surface area contributed by atoms with Crippen LogP contribution in [-0.4, -0.2) is 11.5 Å². The quantitative estimate of drug-likeness (QED) is 0.652. The van der Waals surface area contributed by atoms with E-state index in [0.29, 0.717) is 6.54 Å². The van der Waals surface area contributed by atoms with E-state index in [0.717, 1.165) is 23.9 Å². The molecule has 104 valence electrons. The van der Waals surface area contributed by atoms with Crippen molar-refractivity contribution in [2.75, 3.05) is 6.54 Å². The fourth-order valence-corrected chi connectivity index (χ4v) is 2.95. The van der Waals surface area contributed by atoms with Gasteiger partial charge in [0.2, 0.25) is 0 Å². The van der Waals surface area contributed by atoms with Gasteiger partial charge in [-0.15, -0.1) is 0 Å². The van der Waals surface area contributed by atoms with Crippen LogP contribution < -0.4 is 5.32 Å². The Morgan fingerprint density at radius 2 is 2.26 bits per heavy atom. The Balaban J connectivity index is 1.79. The fourth-order valence-electron chi connectivity index (χ4n) is 2.95. The lowest BCUT2D eigenvalue weighted by atomic mass is 9.82. The van der Waals surface area contributed by atoms with E-state index in [1.165, 1.54) is 31.7 Å². The van der Waals surface area contributed by atoms with Crippen molar-refractivity contribution < 1.29 is 4.92 Å². The minimum atomic E-state index is -0.341. The number of nitro benzene ring substituents is 1. The Bertz CT molecular complexity index is 434. The van der Waals surface area contributed by atoms with Gasteiger partial charge < -0.3 is 5.32 Å². The van der Waals surface area contributed by atoms with Crippen LogP contribution in [0.15, 0.2) is 24.3 Å². The molecule has 1 N–H and O–H groups in total. The van der Waals surface area contributed by atoms with E-state index < -0.39 is 0 Å². The number of nitro groups is 1. The Labute approximate surface area is 114 Å². The molecule has 19 heavy (non-hydrogen) atoms. The summed E-state index contributed by atoms with van der Waals surface area (Å²) >= 11 is 0. The van der Waals surface area contributed by atoms with Gasteiger partial charge in [0.1, 0.15) is 0 Å². The second-order valence-electron chi connectivity index (χ2n) is 5.70. The molecule has 2 rings (SSSR count). The highest BCUT2D eigenvalue weighted by atomic mass is 16.6. The van der Waals surface area contributed by atoms with Crippen LogP contribution in [0.4, 0.5) is 5.69 Å². The van der Waals surface area contributed by atoms with Crippen LogP contribution in [0.3, 0.4) is 0 Å². The van der Waals surface area contributed by atoms with E-state index in [4.69, 9.17) is 0 Å². The van der Waals surface area contributed by atoms with Crippen molar-refractivity contribution in [3.63, 3.8) is 0 Å². The first-order chi connectivity index (χ1) is 9.15. The van der Waals surface area contributed by atoms with Gasteiger partial charge in [0.25, 0.3) is 5.69 Å². The SMILES string of the molecule is CC1CCCC(CNCc2cccc([N+](=O)[O-])c2)C1. The zero-order valence-electron chi connectivity index (χ0n) is 11.5. The summed E-state index contributed by atoms with van der Waals surface area (Å²) in [5.41, 5.74) is 1.16. The number of non-ortho nitro benzene ring substituents is 1. The van der Waals surface area contributed by atoms with Crippen LogP contribution >= 0.6 is 0 Å². The highest BCUT2D eigenvalue weighted by Crippen LogP contribution is 2.27. The first-order valence-corrected chi connectivity index (χ1v) is 7.09. The maximum atomic E-state index is 10.7. The predicted molar refractivity (Wildman–Crippen MR) is 75.9 cm³/mol. The molecule has 0 spiro atoms. The van der Waals surface area contributed by atoms with Crippen molar-refractivity contribution in [3.05, 3.63) is 39.9 Å². The summed E-state index contributed by atoms with van der Waals surface area (Å²) in [5, 5.41) is 14.1. The van der Waals surface area contributed by atoms with Crippen LogP contribution in [0, 0.1) is 22.0 Å². The zero-order chi connectivity index (χ0) is 13.7. The Morgan fingerprint density at radius 1 is 1.42 bits per heavy atom. The molecule has 1 aromatic rings. The molecule has 2 unspecified atom stereocenters. The summed E-state index contributed by atoms with van der Waals surface area (Å²) < 4.78 is 0. The lowest BCUT2D eigenvalue weighted by Gasteiger charge is -2.26. The minimum Gasteiger partial charge on any atom is -0.312 e. The smallest absolute Gasteiger partial charge is 0.269 e. The molecule has 0 radical (unpaired) electrons. The van der Waals surface area contributed by atoms with E-state index in [1.807, 2.05) is 6.07 Å². The summed E-state index contributed by atoms with van der Waals surface area (Å²) in [7, 11) is 0. The second kappa shape index (κ2) is 6.66. The Morgan fingerprint density at radius 3 is 3.00 bits per heavy atom. The van der Waals surface area contributed by atoms with Crippen LogP contribution in [0.2, 0.25) is 0 Å². The molecule has 0 amide bonds. The van der Waals surface area contributed by atoms with Crippen LogP contribution in [0.1, 0.15) is 38.2 Å². The van der Waals surface area contributed by atoms with E-state index in [1.54, 1.807) is 12.1 Å². The van der Waals surface area contributed by atoms with Gasteiger partial charge in [-0.25, -0.2) is 0 Å². The topological polar surface area (TPSA) is 55.2 Å². The average molecular weight is 262 g/mol. The molecule has 1 aliphatic carbocycles. The van der Waals surface area contributed by atoms with Crippen molar-refractivity contribution >= 4 is 5.69 Å². The third-order valence-electron chi connectivity index (χ3n) is 3.93. The zero-order valence-corrected chi connectivity index (χ0v) is 11.5. The van der Waals surface area contributed by atoms with Gasteiger partial charge >= 0.3 is 0 Å². The van der Waals surface area contributed by atoms with Gasteiger partial charge in [-0.1, -0.05) is 31.9 Å². The number of nitrogens with one attached hydrogen (secondary N) is 1. The summed E-state index contributed by atoms with van der Waals surface area (Å²) in [6.07, 6.45) is 5.32. The second-order valence-corrected chi connectivity index (χ2v) is 5.70. The van der Waals surface area contributed by atoms with Crippen LogP contribution in [-0.2, 0) is 6.54 Å². The largest absolute Gasteiger partial charge is 0.312 e. The number of nitrogens with zero attached hydrogens (tertiary/aromatic N) is 1. The maximum Gasteiger partial charge on any atom is 0.269 e. The van der Waals surface area contributed by atoms with Gasteiger partial charge in [0.05, 0.1) is 4.92 Å². The van der Waals surface area contributed by atoms with Crippen molar-refractivity contribution in [1.82, 2.24) is 5.32 Å². The summed E-state index contributed by atoms with van der Waals surface area (Å²) in [4.78, 5) is 10.4. The van der Waals surface area contributed by atoms with E-state index in [9.17, 15) is 10.1 Å². The van der Waals surface area contributed by atoms with Crippen molar-refractivity contribution in [3.8, 4) is 0 Å². The molecule has 2 atom stereocenters. The molecule has 0 aromatic heterocycles. The predicted octanol–water partition coefficient (Wildman–Crippen LogP) is 3.51. The molecule has 4 heteroatoms. The highest BCUT2D eigenvalue weighted by molar-refractivity contribution is 5.34. The van der Waals surface area contributed by atoms with Gasteiger partial charge in [-0.3, -0.25) is 10.1 Å². The lowest BCUT2D eigenvalue weighted by molar-refractivity contribution is -0.384. The van der Waals surface area contributed by atoms with E-state index in [2.05, 4.69) is 12.2 Å². The normalized spacial score (nSPS) is 23.2. The highest BCUT2D eigenvalue weighted by Gasteiger charge is 2.18. The number of rotatable bonds is 5. The van der Waals surface area contributed by atoms with E-state index in [-0.39, 0.29) is 10.6 Å². The number of hydrogen-bond donors (Lipinski definition) is 1. The number of benzene rings is 1. The molecule has 4 nitrogen and oxygen atoms in total. The average Bonchev–Trinajstić information content (AvgIpc) is 2.39. The third-order valence-corrected chi connectivity index (χ3v) is 3.93. The van der Waals surface area contributed by atoms with Gasteiger partial charge in [-0.05, 0) is 36.8 Å². The minimum absolute atomic E-state index is 0.172. The van der Waals surface area contributed by atoms with E-state index >= 15 is 0 Å². The summed E-state index contributed by atoms with van der Waals surface area (Å²) in [6.45, 7) is 4.06. The molecule has 1 aromatic carbocycles. The maximum absolute atomic E-state index is 10.7. The van der Waals surface area contributed by atoms with Crippen LogP contribution in [0.25, 0.3) is 0 Å². The van der Waals surface area contributed by atoms with Gasteiger partial charge in [0, 0.05) is 18.7 Å². The first kappa shape index (κ1) is 14.0. The molecule has 0 heterocycles. The van der Waals surface area contributed by atoms with Crippen molar-refractivity contribution in [1.29, 1.82) is 0 Å². The summed E-state index contributed by atoms with van der Waals surface area (Å²) in [6, 6.07) is 6.87. The fraction of sp³-hybridized carbons (Fsp3) is 0.600. The molecular formula is C15H22N2O2. The van der Waals surface area contributed by atoms with Crippen molar-refractivity contribution in [2.45, 2.75) is 39.2 Å². The van der Waals surface area contributed by atoms with Gasteiger partial charge in [0.15, 0.2) is 0 Å². The monoisotopic (exact) mass is 262 g/mol. The standard InChI is InChI=1S/C15H22N2O2/c1-12-4-2-5-13(8-12)10-16-11-14-6-3-7-15(9-14)17(18)19/h3,6-7,9,12-13,16H,2,4-5,8,10-11H2,1H3. The number of hydrogen-bond acceptors (Lipinski definition) is 3. The third kappa shape index (κ3) is 4.31.